The van der Waals surface area contributed by atoms with Crippen LogP contribution in [0.25, 0.3) is 0 Å². The van der Waals surface area contributed by atoms with Crippen LogP contribution in [0.4, 0.5) is 5.69 Å². The smallest absolute Gasteiger partial charge is 0.0839 e. The lowest BCUT2D eigenvalue weighted by Gasteiger charge is -2.23. The number of rotatable bonds is 9. The molecule has 1 atom stereocenters. The minimum atomic E-state index is -0.382. The topological polar surface area (TPSA) is 44.7 Å². The van der Waals surface area contributed by atoms with Gasteiger partial charge in [-0.25, -0.2) is 0 Å². The normalized spacial score (nSPS) is 12.4. The Balaban J connectivity index is 2.33. The molecule has 19 heavy (non-hydrogen) atoms. The second-order valence-electron chi connectivity index (χ2n) is 4.75. The van der Waals surface area contributed by atoms with Gasteiger partial charge in [-0.2, -0.15) is 0 Å². The van der Waals surface area contributed by atoms with Gasteiger partial charge in [0.25, 0.3) is 0 Å². The molecule has 0 saturated heterocycles. The summed E-state index contributed by atoms with van der Waals surface area (Å²) in [5.41, 5.74) is 2.46. The maximum Gasteiger partial charge on any atom is 0.0839 e. The van der Waals surface area contributed by atoms with Gasteiger partial charge in [0.2, 0.25) is 0 Å². The number of benzene rings is 1. The molecule has 0 aliphatic carbocycles. The highest BCUT2D eigenvalue weighted by atomic mass is 16.5. The highest BCUT2D eigenvalue weighted by Crippen LogP contribution is 2.14. The predicted octanol–water partition coefficient (Wildman–Crippen LogP) is 1.28. The molecule has 0 heterocycles. The second-order valence-corrected chi connectivity index (χ2v) is 4.75. The molecule has 0 spiro atoms. The van der Waals surface area contributed by atoms with Crippen molar-refractivity contribution in [2.45, 2.75) is 19.4 Å². The van der Waals surface area contributed by atoms with Crippen molar-refractivity contribution in [3.63, 3.8) is 0 Å². The van der Waals surface area contributed by atoms with Crippen molar-refractivity contribution in [1.82, 2.24) is 5.32 Å². The molecule has 0 amide bonds. The van der Waals surface area contributed by atoms with Gasteiger partial charge in [-0.1, -0.05) is 19.1 Å². The third-order valence-corrected chi connectivity index (χ3v) is 3.13. The van der Waals surface area contributed by atoms with E-state index < -0.39 is 0 Å². The SMILES string of the molecule is CCc1ccc(N(C)CC(O)CNCCOC)cc1. The molecule has 0 saturated carbocycles. The molecular formula is C15H26N2O2. The molecule has 1 rings (SSSR count). The standard InChI is InChI=1S/C15H26N2O2/c1-4-13-5-7-14(8-6-13)17(2)12-15(18)11-16-9-10-19-3/h5-8,15-16,18H,4,9-12H2,1-3H3. The van der Waals surface area contributed by atoms with Crippen molar-refractivity contribution in [3.8, 4) is 0 Å². The zero-order valence-electron chi connectivity index (χ0n) is 12.2. The van der Waals surface area contributed by atoms with E-state index in [0.29, 0.717) is 19.7 Å². The fourth-order valence-corrected chi connectivity index (χ4v) is 1.92. The summed E-state index contributed by atoms with van der Waals surface area (Å²) in [6.45, 7) is 4.78. The molecule has 0 fully saturated rings. The summed E-state index contributed by atoms with van der Waals surface area (Å²) in [5.74, 6) is 0. The number of likely N-dealkylation sites (N-methyl/N-ethyl adjacent to an activating group) is 1. The lowest BCUT2D eigenvalue weighted by molar-refractivity contribution is 0.164. The molecule has 0 bridgehead atoms. The Morgan fingerprint density at radius 1 is 1.32 bits per heavy atom. The maximum atomic E-state index is 9.94. The quantitative estimate of drug-likeness (QED) is 0.661. The molecule has 4 nitrogen and oxygen atoms in total. The molecule has 2 N–H and O–H groups in total. The van der Waals surface area contributed by atoms with Crippen LogP contribution in [0.15, 0.2) is 24.3 Å². The molecule has 0 aliphatic rings. The van der Waals surface area contributed by atoms with Crippen LogP contribution in [0.5, 0.6) is 0 Å². The van der Waals surface area contributed by atoms with Gasteiger partial charge in [0, 0.05) is 39.5 Å². The van der Waals surface area contributed by atoms with Crippen LogP contribution in [0.3, 0.4) is 0 Å². The molecule has 1 aromatic rings. The first kappa shape index (κ1) is 16.0. The molecule has 1 aromatic carbocycles. The first-order valence-electron chi connectivity index (χ1n) is 6.85. The molecule has 108 valence electrons. The Kier molecular flexibility index (Phi) is 7.48. The predicted molar refractivity (Wildman–Crippen MR) is 79.8 cm³/mol. The van der Waals surface area contributed by atoms with Crippen LogP contribution in [0.2, 0.25) is 0 Å². The van der Waals surface area contributed by atoms with E-state index in [4.69, 9.17) is 4.74 Å². The van der Waals surface area contributed by atoms with Gasteiger partial charge in [0.05, 0.1) is 12.7 Å². The van der Waals surface area contributed by atoms with Crippen molar-refractivity contribution in [2.75, 3.05) is 45.3 Å². The third kappa shape index (κ3) is 6.05. The Bertz CT molecular complexity index is 341. The number of anilines is 1. The second kappa shape index (κ2) is 8.91. The summed E-state index contributed by atoms with van der Waals surface area (Å²) >= 11 is 0. The maximum absolute atomic E-state index is 9.94. The highest BCUT2D eigenvalue weighted by Gasteiger charge is 2.08. The summed E-state index contributed by atoms with van der Waals surface area (Å²) in [7, 11) is 3.67. The summed E-state index contributed by atoms with van der Waals surface area (Å²) in [6, 6.07) is 8.47. The largest absolute Gasteiger partial charge is 0.390 e. The van der Waals surface area contributed by atoms with Gasteiger partial charge in [-0.05, 0) is 24.1 Å². The fraction of sp³-hybridized carbons (Fsp3) is 0.600. The van der Waals surface area contributed by atoms with E-state index >= 15 is 0 Å². The number of aryl methyl sites for hydroxylation is 1. The summed E-state index contributed by atoms with van der Waals surface area (Å²) in [4.78, 5) is 2.07. The minimum absolute atomic E-state index is 0.382. The zero-order chi connectivity index (χ0) is 14.1. The van der Waals surface area contributed by atoms with E-state index in [1.807, 2.05) is 7.05 Å². The van der Waals surface area contributed by atoms with E-state index in [1.54, 1.807) is 7.11 Å². The third-order valence-electron chi connectivity index (χ3n) is 3.13. The average molecular weight is 266 g/mol. The van der Waals surface area contributed by atoms with E-state index in [-0.39, 0.29) is 6.10 Å². The number of hydrogen-bond donors (Lipinski definition) is 2. The number of aliphatic hydroxyl groups is 1. The number of aliphatic hydroxyl groups excluding tert-OH is 1. The lowest BCUT2D eigenvalue weighted by atomic mass is 10.1. The van der Waals surface area contributed by atoms with Gasteiger partial charge in [0.1, 0.15) is 0 Å². The van der Waals surface area contributed by atoms with E-state index in [0.717, 1.165) is 18.7 Å². The molecule has 0 aromatic heterocycles. The van der Waals surface area contributed by atoms with Crippen LogP contribution in [0, 0.1) is 0 Å². The summed E-state index contributed by atoms with van der Waals surface area (Å²) in [6.07, 6.45) is 0.670. The average Bonchev–Trinajstić information content (AvgIpc) is 2.43. The van der Waals surface area contributed by atoms with Crippen LogP contribution >= 0.6 is 0 Å². The van der Waals surface area contributed by atoms with Gasteiger partial charge in [0.15, 0.2) is 0 Å². The Hall–Kier alpha value is -1.10. The Morgan fingerprint density at radius 3 is 2.58 bits per heavy atom. The number of nitrogens with one attached hydrogen (secondary N) is 1. The molecule has 1 unspecified atom stereocenters. The van der Waals surface area contributed by atoms with Crippen LogP contribution in [-0.2, 0) is 11.2 Å². The van der Waals surface area contributed by atoms with Crippen LogP contribution in [-0.4, -0.2) is 51.6 Å². The minimum Gasteiger partial charge on any atom is -0.390 e. The summed E-state index contributed by atoms with van der Waals surface area (Å²) < 4.78 is 4.94. The highest BCUT2D eigenvalue weighted by molar-refractivity contribution is 5.46. The molecule has 4 heteroatoms. The number of nitrogens with zero attached hydrogens (tertiary/aromatic N) is 1. The van der Waals surface area contributed by atoms with Gasteiger partial charge >= 0.3 is 0 Å². The lowest BCUT2D eigenvalue weighted by Crippen LogP contribution is -2.37. The van der Waals surface area contributed by atoms with Gasteiger partial charge in [-0.15, -0.1) is 0 Å². The molecule has 0 aliphatic heterocycles. The van der Waals surface area contributed by atoms with Crippen molar-refractivity contribution < 1.29 is 9.84 Å². The van der Waals surface area contributed by atoms with E-state index in [2.05, 4.69) is 41.4 Å². The molecule has 0 radical (unpaired) electrons. The fourth-order valence-electron chi connectivity index (χ4n) is 1.92. The first-order chi connectivity index (χ1) is 9.17. The Morgan fingerprint density at radius 2 is 2.00 bits per heavy atom. The van der Waals surface area contributed by atoms with Crippen LogP contribution < -0.4 is 10.2 Å². The van der Waals surface area contributed by atoms with Crippen molar-refractivity contribution >= 4 is 5.69 Å². The van der Waals surface area contributed by atoms with Crippen LogP contribution in [0.1, 0.15) is 12.5 Å². The monoisotopic (exact) mass is 266 g/mol. The summed E-state index contributed by atoms with van der Waals surface area (Å²) in [5, 5.41) is 13.1. The van der Waals surface area contributed by atoms with Crippen molar-refractivity contribution in [1.29, 1.82) is 0 Å². The van der Waals surface area contributed by atoms with E-state index in [1.165, 1.54) is 5.56 Å². The Labute approximate surface area is 116 Å². The van der Waals surface area contributed by atoms with Crippen molar-refractivity contribution in [3.05, 3.63) is 29.8 Å². The number of hydrogen-bond acceptors (Lipinski definition) is 4. The van der Waals surface area contributed by atoms with Crippen molar-refractivity contribution in [2.24, 2.45) is 0 Å². The van der Waals surface area contributed by atoms with Gasteiger partial charge in [-0.3, -0.25) is 0 Å². The number of ether oxygens (including phenoxy) is 1. The number of methoxy groups -OCH3 is 1. The zero-order valence-corrected chi connectivity index (χ0v) is 12.2. The molecular weight excluding hydrogens is 240 g/mol. The first-order valence-corrected chi connectivity index (χ1v) is 6.85. The van der Waals surface area contributed by atoms with E-state index in [9.17, 15) is 5.11 Å². The van der Waals surface area contributed by atoms with Gasteiger partial charge < -0.3 is 20.1 Å².